The summed E-state index contributed by atoms with van der Waals surface area (Å²) in [6, 6.07) is 16.4. The van der Waals surface area contributed by atoms with E-state index in [0.717, 1.165) is 23.8 Å². The Kier molecular flexibility index (Phi) is 7.37. The fraction of sp³-hybridized carbons (Fsp3) is 0.130. The number of methoxy groups -OCH3 is 1. The second kappa shape index (κ2) is 10.2. The second-order valence-corrected chi connectivity index (χ2v) is 6.98. The third-order valence-corrected chi connectivity index (χ3v) is 4.73. The van der Waals surface area contributed by atoms with Gasteiger partial charge in [-0.2, -0.15) is 18.3 Å². The van der Waals surface area contributed by atoms with Crippen LogP contribution in [-0.2, 0) is 12.8 Å². The van der Waals surface area contributed by atoms with Crippen LogP contribution in [0.3, 0.4) is 0 Å². The zero-order chi connectivity index (χ0) is 23.1. The monoisotopic (exact) mass is 462 g/mol. The normalized spacial score (nSPS) is 11.4. The molecule has 5 nitrogen and oxygen atoms in total. The van der Waals surface area contributed by atoms with Crippen molar-refractivity contribution in [1.82, 2.24) is 5.43 Å². The Balaban J connectivity index is 1.65. The maximum atomic E-state index is 12.8. The van der Waals surface area contributed by atoms with Crippen LogP contribution in [0, 0.1) is 0 Å². The third kappa shape index (κ3) is 6.01. The van der Waals surface area contributed by atoms with Gasteiger partial charge >= 0.3 is 6.18 Å². The molecule has 0 saturated heterocycles. The lowest BCUT2D eigenvalue weighted by molar-refractivity contribution is -0.137. The number of halogens is 4. The van der Waals surface area contributed by atoms with Gasteiger partial charge in [0, 0.05) is 16.1 Å². The van der Waals surface area contributed by atoms with E-state index in [1.54, 1.807) is 24.3 Å². The number of carbonyl (C=O) groups excluding carboxylic acids is 1. The summed E-state index contributed by atoms with van der Waals surface area (Å²) >= 11 is 6.13. The smallest absolute Gasteiger partial charge is 0.416 e. The van der Waals surface area contributed by atoms with Gasteiger partial charge in [-0.1, -0.05) is 35.9 Å². The van der Waals surface area contributed by atoms with Gasteiger partial charge in [0.2, 0.25) is 0 Å². The fourth-order valence-electron chi connectivity index (χ4n) is 2.72. The number of ether oxygens (including phenoxy) is 2. The van der Waals surface area contributed by atoms with E-state index in [0.29, 0.717) is 22.1 Å². The summed E-state index contributed by atoms with van der Waals surface area (Å²) in [6.07, 6.45) is -3.20. The van der Waals surface area contributed by atoms with Crippen LogP contribution >= 0.6 is 11.6 Å². The summed E-state index contributed by atoms with van der Waals surface area (Å²) in [5, 5.41) is 4.39. The second-order valence-electron chi connectivity index (χ2n) is 6.57. The van der Waals surface area contributed by atoms with Crippen molar-refractivity contribution in [3.8, 4) is 11.5 Å². The number of benzene rings is 3. The largest absolute Gasteiger partial charge is 0.493 e. The zero-order valence-electron chi connectivity index (χ0n) is 16.8. The SMILES string of the molecule is COc1cc(/C=N/NC(=O)c2cccc(C(F)(F)F)c2)ccc1OCc1ccccc1Cl. The molecule has 3 aromatic carbocycles. The topological polar surface area (TPSA) is 59.9 Å². The maximum absolute atomic E-state index is 12.8. The molecule has 0 atom stereocenters. The molecule has 0 saturated carbocycles. The molecule has 0 aliphatic carbocycles. The lowest BCUT2D eigenvalue weighted by Gasteiger charge is -2.12. The lowest BCUT2D eigenvalue weighted by atomic mass is 10.1. The first-order valence-electron chi connectivity index (χ1n) is 9.33. The molecule has 9 heteroatoms. The molecule has 3 aromatic rings. The highest BCUT2D eigenvalue weighted by atomic mass is 35.5. The van der Waals surface area contributed by atoms with Crippen molar-refractivity contribution >= 4 is 23.7 Å². The number of nitrogens with one attached hydrogen (secondary N) is 1. The molecular formula is C23H18ClF3N2O3. The molecule has 0 bridgehead atoms. The third-order valence-electron chi connectivity index (χ3n) is 4.36. The standard InChI is InChI=1S/C23H18ClF3N2O3/c1-31-21-11-15(9-10-20(21)32-14-17-5-2-3-8-19(17)24)13-28-29-22(30)16-6-4-7-18(12-16)23(25,26)27/h2-13H,14H2,1H3,(H,29,30)/b28-13+. The van der Waals surface area contributed by atoms with Crippen molar-refractivity contribution in [2.75, 3.05) is 7.11 Å². The van der Waals surface area contributed by atoms with Gasteiger partial charge in [0.15, 0.2) is 11.5 Å². The maximum Gasteiger partial charge on any atom is 0.416 e. The molecular weight excluding hydrogens is 445 g/mol. The number of hydrogen-bond acceptors (Lipinski definition) is 4. The molecule has 0 aromatic heterocycles. The molecule has 0 aliphatic rings. The Bertz CT molecular complexity index is 1130. The minimum Gasteiger partial charge on any atom is -0.493 e. The first-order valence-corrected chi connectivity index (χ1v) is 9.70. The van der Waals surface area contributed by atoms with Crippen LogP contribution in [0.1, 0.15) is 27.0 Å². The number of hydrazone groups is 1. The Morgan fingerprint density at radius 1 is 1.06 bits per heavy atom. The minimum absolute atomic E-state index is 0.155. The van der Waals surface area contributed by atoms with Gasteiger partial charge in [0.25, 0.3) is 5.91 Å². The van der Waals surface area contributed by atoms with Crippen LogP contribution in [0.5, 0.6) is 11.5 Å². The Morgan fingerprint density at radius 2 is 1.84 bits per heavy atom. The van der Waals surface area contributed by atoms with Crippen molar-refractivity contribution in [2.45, 2.75) is 12.8 Å². The highest BCUT2D eigenvalue weighted by Crippen LogP contribution is 2.30. The molecule has 1 N–H and O–H groups in total. The Morgan fingerprint density at radius 3 is 2.56 bits per heavy atom. The van der Waals surface area contributed by atoms with Crippen LogP contribution in [-0.4, -0.2) is 19.2 Å². The Hall–Kier alpha value is -3.52. The van der Waals surface area contributed by atoms with E-state index in [-0.39, 0.29) is 12.2 Å². The van der Waals surface area contributed by atoms with Gasteiger partial charge < -0.3 is 9.47 Å². The van der Waals surface area contributed by atoms with Crippen LogP contribution in [0.4, 0.5) is 13.2 Å². The molecule has 0 fully saturated rings. The summed E-state index contributed by atoms with van der Waals surface area (Å²) in [5.41, 5.74) is 2.54. The predicted octanol–water partition coefficient (Wildman–Crippen LogP) is 5.71. The Labute approximate surface area is 187 Å². The molecule has 0 heterocycles. The highest BCUT2D eigenvalue weighted by Gasteiger charge is 2.30. The predicted molar refractivity (Wildman–Crippen MR) is 115 cm³/mol. The van der Waals surface area contributed by atoms with Gasteiger partial charge in [0.05, 0.1) is 18.9 Å². The number of nitrogens with zero attached hydrogens (tertiary/aromatic N) is 1. The first-order chi connectivity index (χ1) is 15.3. The minimum atomic E-state index is -4.54. The summed E-state index contributed by atoms with van der Waals surface area (Å²) in [7, 11) is 1.48. The molecule has 0 unspecified atom stereocenters. The molecule has 0 aliphatic heterocycles. The zero-order valence-corrected chi connectivity index (χ0v) is 17.6. The fourth-order valence-corrected chi connectivity index (χ4v) is 2.91. The van der Waals surface area contributed by atoms with Crippen molar-refractivity contribution in [1.29, 1.82) is 0 Å². The van der Waals surface area contributed by atoms with E-state index < -0.39 is 17.6 Å². The first kappa shape index (κ1) is 23.1. The number of hydrogen-bond donors (Lipinski definition) is 1. The average molecular weight is 463 g/mol. The molecule has 3 rings (SSSR count). The van der Waals surface area contributed by atoms with Crippen molar-refractivity contribution in [2.24, 2.45) is 5.10 Å². The number of amides is 1. The quantitative estimate of drug-likeness (QED) is 0.361. The van der Waals surface area contributed by atoms with E-state index in [1.807, 2.05) is 18.2 Å². The van der Waals surface area contributed by atoms with Crippen molar-refractivity contribution in [3.63, 3.8) is 0 Å². The van der Waals surface area contributed by atoms with Crippen LogP contribution in [0.25, 0.3) is 0 Å². The van der Waals surface area contributed by atoms with Crippen molar-refractivity contribution in [3.05, 3.63) is 94.0 Å². The van der Waals surface area contributed by atoms with E-state index in [2.05, 4.69) is 10.5 Å². The van der Waals surface area contributed by atoms with Gasteiger partial charge in [-0.25, -0.2) is 5.43 Å². The average Bonchev–Trinajstić information content (AvgIpc) is 2.78. The van der Waals surface area contributed by atoms with Gasteiger partial charge in [0.1, 0.15) is 6.61 Å². The lowest BCUT2D eigenvalue weighted by Crippen LogP contribution is -2.18. The summed E-state index contributed by atoms with van der Waals surface area (Å²) in [6.45, 7) is 0.247. The summed E-state index contributed by atoms with van der Waals surface area (Å²) in [5.74, 6) is 0.154. The molecule has 1 amide bonds. The van der Waals surface area contributed by atoms with Crippen LogP contribution < -0.4 is 14.9 Å². The number of carbonyl (C=O) groups is 1. The molecule has 0 radical (unpaired) electrons. The van der Waals surface area contributed by atoms with Crippen LogP contribution in [0.15, 0.2) is 71.8 Å². The summed E-state index contributed by atoms with van der Waals surface area (Å²) in [4.78, 5) is 12.1. The van der Waals surface area contributed by atoms with Gasteiger partial charge in [-0.15, -0.1) is 0 Å². The van der Waals surface area contributed by atoms with E-state index in [9.17, 15) is 18.0 Å². The van der Waals surface area contributed by atoms with E-state index in [1.165, 1.54) is 19.4 Å². The molecule has 166 valence electrons. The van der Waals surface area contributed by atoms with Crippen LogP contribution in [0.2, 0.25) is 5.02 Å². The molecule has 32 heavy (non-hydrogen) atoms. The highest BCUT2D eigenvalue weighted by molar-refractivity contribution is 6.31. The van der Waals surface area contributed by atoms with Gasteiger partial charge in [-0.3, -0.25) is 4.79 Å². The summed E-state index contributed by atoms with van der Waals surface area (Å²) < 4.78 is 49.5. The van der Waals surface area contributed by atoms with E-state index >= 15 is 0 Å². The molecule has 0 spiro atoms. The number of alkyl halides is 3. The van der Waals surface area contributed by atoms with E-state index in [4.69, 9.17) is 21.1 Å². The van der Waals surface area contributed by atoms with Crippen molar-refractivity contribution < 1.29 is 27.4 Å². The number of rotatable bonds is 7. The van der Waals surface area contributed by atoms with Gasteiger partial charge in [-0.05, 0) is 48.0 Å².